The quantitative estimate of drug-likeness (QED) is 0.114. The van der Waals surface area contributed by atoms with E-state index in [1.54, 1.807) is 61.7 Å². The molecule has 1 aromatic heterocycles. The van der Waals surface area contributed by atoms with Gasteiger partial charge in [-0.15, -0.1) is 0 Å². The fourth-order valence-electron chi connectivity index (χ4n) is 5.19. The van der Waals surface area contributed by atoms with Crippen LogP contribution < -0.4 is 19.8 Å². The molecule has 1 aliphatic rings. The first kappa shape index (κ1) is 30.4. The first-order valence-electron chi connectivity index (χ1n) is 14.6. The topological polar surface area (TPSA) is 95.3 Å². The molecule has 224 valence electrons. The summed E-state index contributed by atoms with van der Waals surface area (Å²) in [6.45, 7) is 5.05. The lowest BCUT2D eigenvalue weighted by molar-refractivity contribution is 0.0499. The van der Waals surface area contributed by atoms with Crippen LogP contribution in [0.1, 0.15) is 84.0 Å². The number of methoxy groups -OCH3 is 1. The maximum Gasteiger partial charge on any atom is 0.338 e. The van der Waals surface area contributed by atoms with Crippen LogP contribution in [-0.2, 0) is 4.74 Å². The highest BCUT2D eigenvalue weighted by molar-refractivity contribution is 9.10. The lowest BCUT2D eigenvalue weighted by Crippen LogP contribution is -2.29. The molecule has 8 nitrogen and oxygen atoms in total. The van der Waals surface area contributed by atoms with Gasteiger partial charge in [0.25, 0.3) is 5.91 Å². The molecule has 2 heterocycles. The number of unbranched alkanes of at least 4 members (excludes halogenated alkanes) is 3. The van der Waals surface area contributed by atoms with Crippen molar-refractivity contribution in [3.63, 3.8) is 0 Å². The molecule has 0 saturated heterocycles. The number of hydrogen-bond acceptors (Lipinski definition) is 7. The zero-order chi connectivity index (χ0) is 30.5. The zero-order valence-corrected chi connectivity index (χ0v) is 26.1. The third kappa shape index (κ3) is 6.18. The molecule has 5 rings (SSSR count). The van der Waals surface area contributed by atoms with Gasteiger partial charge in [0.1, 0.15) is 5.58 Å². The van der Waals surface area contributed by atoms with Gasteiger partial charge in [-0.1, -0.05) is 55.1 Å². The predicted octanol–water partition coefficient (Wildman–Crippen LogP) is 7.84. The van der Waals surface area contributed by atoms with Crippen LogP contribution in [0.5, 0.6) is 11.5 Å². The number of halogens is 1. The maximum absolute atomic E-state index is 14.0. The largest absolute Gasteiger partial charge is 0.493 e. The van der Waals surface area contributed by atoms with Gasteiger partial charge in [0, 0.05) is 10.2 Å². The molecular weight excluding hydrogens is 614 g/mol. The Labute approximate surface area is 258 Å². The molecule has 3 aromatic carbocycles. The average molecular weight is 649 g/mol. The van der Waals surface area contributed by atoms with Crippen molar-refractivity contribution >= 4 is 44.5 Å². The SMILES string of the molecule is CCCCCOc1ccc(C2c3c(oc4ccc(Br)cc4c3=O)C(=O)N2c2ccc(C(=O)OCCCC)cc2)cc1OC. The lowest BCUT2D eigenvalue weighted by Gasteiger charge is -2.26. The number of benzene rings is 3. The van der Waals surface area contributed by atoms with Crippen LogP contribution in [0.4, 0.5) is 5.69 Å². The van der Waals surface area contributed by atoms with Crippen molar-refractivity contribution in [1.82, 2.24) is 0 Å². The highest BCUT2D eigenvalue weighted by Crippen LogP contribution is 2.43. The monoisotopic (exact) mass is 647 g/mol. The molecular formula is C34H34BrNO7. The Morgan fingerprint density at radius 2 is 1.67 bits per heavy atom. The van der Waals surface area contributed by atoms with Gasteiger partial charge in [0.05, 0.1) is 42.9 Å². The summed E-state index contributed by atoms with van der Waals surface area (Å²) >= 11 is 3.44. The van der Waals surface area contributed by atoms with Crippen LogP contribution in [0.2, 0.25) is 0 Å². The van der Waals surface area contributed by atoms with E-state index in [1.165, 1.54) is 4.90 Å². The smallest absolute Gasteiger partial charge is 0.338 e. The number of carbonyl (C=O) groups is 2. The van der Waals surface area contributed by atoms with E-state index in [4.69, 9.17) is 18.6 Å². The van der Waals surface area contributed by atoms with E-state index in [-0.39, 0.29) is 16.8 Å². The van der Waals surface area contributed by atoms with Crippen molar-refractivity contribution in [2.45, 2.75) is 52.0 Å². The second-order valence-corrected chi connectivity index (χ2v) is 11.3. The van der Waals surface area contributed by atoms with E-state index >= 15 is 0 Å². The van der Waals surface area contributed by atoms with E-state index < -0.39 is 17.9 Å². The summed E-state index contributed by atoms with van der Waals surface area (Å²) in [5.74, 6) is 0.165. The highest BCUT2D eigenvalue weighted by atomic mass is 79.9. The van der Waals surface area contributed by atoms with Crippen molar-refractivity contribution < 1.29 is 28.2 Å². The number of carbonyl (C=O) groups excluding carboxylic acids is 2. The second kappa shape index (κ2) is 13.5. The molecule has 9 heteroatoms. The van der Waals surface area contributed by atoms with Gasteiger partial charge in [-0.05, 0) is 73.0 Å². The first-order chi connectivity index (χ1) is 20.9. The molecule has 0 radical (unpaired) electrons. The fraction of sp³-hybridized carbons (Fsp3) is 0.324. The molecule has 1 aliphatic heterocycles. The van der Waals surface area contributed by atoms with Crippen molar-refractivity contribution in [2.75, 3.05) is 25.2 Å². The Balaban J connectivity index is 1.59. The van der Waals surface area contributed by atoms with Gasteiger partial charge in [-0.25, -0.2) is 4.79 Å². The van der Waals surface area contributed by atoms with Gasteiger partial charge in [0.2, 0.25) is 5.76 Å². The van der Waals surface area contributed by atoms with E-state index in [1.807, 2.05) is 13.0 Å². The van der Waals surface area contributed by atoms with Crippen LogP contribution in [-0.4, -0.2) is 32.2 Å². The van der Waals surface area contributed by atoms with Crippen LogP contribution in [0, 0.1) is 0 Å². The number of ether oxygens (including phenoxy) is 3. The summed E-state index contributed by atoms with van der Waals surface area (Å²) in [6, 6.07) is 16.3. The molecule has 0 spiro atoms. The summed E-state index contributed by atoms with van der Waals surface area (Å²) < 4.78 is 23.8. The van der Waals surface area contributed by atoms with Gasteiger partial charge in [-0.3, -0.25) is 14.5 Å². The third-order valence-corrected chi connectivity index (χ3v) is 7.95. The zero-order valence-electron chi connectivity index (χ0n) is 24.5. The summed E-state index contributed by atoms with van der Waals surface area (Å²) in [7, 11) is 1.56. The van der Waals surface area contributed by atoms with E-state index in [9.17, 15) is 14.4 Å². The number of hydrogen-bond donors (Lipinski definition) is 0. The molecule has 1 unspecified atom stereocenters. The molecule has 1 atom stereocenters. The van der Waals surface area contributed by atoms with Crippen LogP contribution in [0.15, 0.2) is 74.3 Å². The Hall–Kier alpha value is -4.11. The van der Waals surface area contributed by atoms with E-state index in [0.717, 1.165) is 36.6 Å². The number of fused-ring (bicyclic) bond motifs is 2. The molecule has 0 saturated carbocycles. The minimum Gasteiger partial charge on any atom is -0.493 e. The highest BCUT2D eigenvalue weighted by Gasteiger charge is 2.44. The summed E-state index contributed by atoms with van der Waals surface area (Å²) in [5, 5.41) is 0.362. The van der Waals surface area contributed by atoms with Crippen molar-refractivity contribution in [2.24, 2.45) is 0 Å². The second-order valence-electron chi connectivity index (χ2n) is 10.4. The van der Waals surface area contributed by atoms with Crippen LogP contribution in [0.25, 0.3) is 11.0 Å². The molecule has 1 amide bonds. The Bertz CT molecular complexity index is 1700. The molecule has 0 N–H and O–H groups in total. The van der Waals surface area contributed by atoms with E-state index in [2.05, 4.69) is 22.9 Å². The van der Waals surface area contributed by atoms with Gasteiger partial charge in [0.15, 0.2) is 16.9 Å². The van der Waals surface area contributed by atoms with Gasteiger partial charge >= 0.3 is 5.97 Å². The van der Waals surface area contributed by atoms with Crippen molar-refractivity contribution in [1.29, 1.82) is 0 Å². The standard InChI is InChI=1S/C34H34BrNO7/c1-4-6-8-18-41-27-15-11-22(19-28(27)40-3)30-29-31(37)25-20-23(35)12-16-26(25)43-32(29)33(38)36(30)24-13-9-21(10-14-24)34(39)42-17-7-5-2/h9-16,19-20,30H,4-8,17-18H2,1-3H3. The number of amides is 1. The average Bonchev–Trinajstić information content (AvgIpc) is 3.32. The minimum atomic E-state index is -0.812. The Morgan fingerprint density at radius 1 is 0.907 bits per heavy atom. The van der Waals surface area contributed by atoms with E-state index in [0.29, 0.717) is 52.5 Å². The molecule has 43 heavy (non-hydrogen) atoms. The van der Waals surface area contributed by atoms with Crippen molar-refractivity contribution in [3.05, 3.63) is 97.8 Å². The lowest BCUT2D eigenvalue weighted by atomic mass is 9.97. The first-order valence-corrected chi connectivity index (χ1v) is 15.3. The normalized spacial score (nSPS) is 14.2. The minimum absolute atomic E-state index is 0.0215. The number of nitrogens with zero attached hydrogens (tertiary/aromatic N) is 1. The summed E-state index contributed by atoms with van der Waals surface area (Å²) in [5.41, 5.74) is 1.77. The number of rotatable bonds is 12. The number of anilines is 1. The number of esters is 1. The molecule has 0 bridgehead atoms. The Kier molecular flexibility index (Phi) is 9.50. The predicted molar refractivity (Wildman–Crippen MR) is 168 cm³/mol. The van der Waals surface area contributed by atoms with Crippen molar-refractivity contribution in [3.8, 4) is 11.5 Å². The molecule has 0 fully saturated rings. The molecule has 4 aromatic rings. The summed E-state index contributed by atoms with van der Waals surface area (Å²) in [6.07, 6.45) is 4.76. The summed E-state index contributed by atoms with van der Waals surface area (Å²) in [4.78, 5) is 42.0. The van der Waals surface area contributed by atoms with Crippen LogP contribution in [0.3, 0.4) is 0 Å². The maximum atomic E-state index is 14.0. The van der Waals surface area contributed by atoms with Gasteiger partial charge in [-0.2, -0.15) is 0 Å². The fourth-order valence-corrected chi connectivity index (χ4v) is 5.55. The third-order valence-electron chi connectivity index (χ3n) is 7.45. The molecule has 0 aliphatic carbocycles. The van der Waals surface area contributed by atoms with Gasteiger partial charge < -0.3 is 18.6 Å². The Morgan fingerprint density at radius 3 is 2.40 bits per heavy atom. The van der Waals surface area contributed by atoms with Crippen LogP contribution >= 0.6 is 15.9 Å².